The number of pyridine rings is 1. The van der Waals surface area contributed by atoms with Crippen LogP contribution in [0.3, 0.4) is 0 Å². The van der Waals surface area contributed by atoms with Crippen molar-refractivity contribution in [2.45, 2.75) is 6.92 Å². The van der Waals surface area contributed by atoms with E-state index in [4.69, 9.17) is 21.6 Å². The molecule has 1 aromatic carbocycles. The molecule has 0 amide bonds. The normalized spacial score (nSPS) is 10.0. The summed E-state index contributed by atoms with van der Waals surface area (Å²) in [7, 11) is 1.51. The second-order valence-corrected chi connectivity index (χ2v) is 4.41. The Labute approximate surface area is 115 Å². The zero-order valence-electron chi connectivity index (χ0n) is 10.5. The molecule has 19 heavy (non-hydrogen) atoms. The molecule has 0 aliphatic rings. The van der Waals surface area contributed by atoms with Gasteiger partial charge in [-0.2, -0.15) is 5.26 Å². The minimum atomic E-state index is -0.386. The zero-order chi connectivity index (χ0) is 14.0. The van der Waals surface area contributed by atoms with Gasteiger partial charge in [-0.25, -0.2) is 0 Å². The summed E-state index contributed by atoms with van der Waals surface area (Å²) in [6, 6.07) is 8.60. The maximum Gasteiger partial charge on any atom is 0.273 e. The Balaban J connectivity index is 2.77. The number of benzene rings is 1. The predicted molar refractivity (Wildman–Crippen MR) is 73.1 cm³/mol. The van der Waals surface area contributed by atoms with Crippen molar-refractivity contribution >= 4 is 11.6 Å². The zero-order valence-corrected chi connectivity index (χ0v) is 11.2. The number of rotatable bonds is 2. The molecule has 0 N–H and O–H groups in total. The van der Waals surface area contributed by atoms with E-state index >= 15 is 0 Å². The molecule has 4 nitrogen and oxygen atoms in total. The van der Waals surface area contributed by atoms with Gasteiger partial charge in [-0.3, -0.25) is 9.36 Å². The van der Waals surface area contributed by atoms with Crippen LogP contribution in [-0.4, -0.2) is 11.7 Å². The van der Waals surface area contributed by atoms with E-state index in [2.05, 4.69) is 0 Å². The molecule has 96 valence electrons. The van der Waals surface area contributed by atoms with Crippen LogP contribution in [0.1, 0.15) is 11.1 Å². The average Bonchev–Trinajstić information content (AvgIpc) is 2.39. The van der Waals surface area contributed by atoms with E-state index in [9.17, 15) is 4.79 Å². The molecule has 5 heteroatoms. The number of methoxy groups -OCH3 is 1. The SMILES string of the molecule is COc1ccc(Cl)cc1-n1ccc(C)c(C#N)c1=O. The van der Waals surface area contributed by atoms with E-state index in [0.29, 0.717) is 22.0 Å². The summed E-state index contributed by atoms with van der Waals surface area (Å²) in [5.41, 5.74) is 0.883. The maximum atomic E-state index is 12.2. The lowest BCUT2D eigenvalue weighted by molar-refractivity contribution is 0.412. The van der Waals surface area contributed by atoms with Crippen molar-refractivity contribution in [3.8, 4) is 17.5 Å². The van der Waals surface area contributed by atoms with Crippen LogP contribution >= 0.6 is 11.6 Å². The highest BCUT2D eigenvalue weighted by Gasteiger charge is 2.12. The van der Waals surface area contributed by atoms with Crippen molar-refractivity contribution in [3.05, 3.63) is 57.0 Å². The Kier molecular flexibility index (Phi) is 3.59. The van der Waals surface area contributed by atoms with Crippen LogP contribution in [0.4, 0.5) is 0 Å². The first-order chi connectivity index (χ1) is 9.08. The molecule has 1 heterocycles. The molecule has 0 bridgehead atoms. The van der Waals surface area contributed by atoms with Gasteiger partial charge in [0.25, 0.3) is 5.56 Å². The summed E-state index contributed by atoms with van der Waals surface area (Å²) in [5.74, 6) is 0.513. The average molecular weight is 275 g/mol. The fraction of sp³-hybridized carbons (Fsp3) is 0.143. The number of nitrogens with zero attached hydrogens (tertiary/aromatic N) is 2. The Hall–Kier alpha value is -2.25. The third-order valence-corrected chi connectivity index (χ3v) is 3.05. The van der Waals surface area contributed by atoms with Crippen LogP contribution < -0.4 is 10.3 Å². The first-order valence-electron chi connectivity index (χ1n) is 5.54. The molecular weight excluding hydrogens is 264 g/mol. The van der Waals surface area contributed by atoms with E-state index in [1.165, 1.54) is 11.7 Å². The molecule has 0 unspecified atom stereocenters. The van der Waals surface area contributed by atoms with Crippen LogP contribution in [-0.2, 0) is 0 Å². The van der Waals surface area contributed by atoms with Crippen molar-refractivity contribution in [1.29, 1.82) is 5.26 Å². The molecule has 0 saturated carbocycles. The fourth-order valence-corrected chi connectivity index (χ4v) is 1.97. The lowest BCUT2D eigenvalue weighted by Gasteiger charge is -2.12. The largest absolute Gasteiger partial charge is 0.495 e. The fourth-order valence-electron chi connectivity index (χ4n) is 1.80. The molecule has 0 saturated heterocycles. The highest BCUT2D eigenvalue weighted by Crippen LogP contribution is 2.25. The number of ether oxygens (including phenoxy) is 1. The quantitative estimate of drug-likeness (QED) is 0.846. The van der Waals surface area contributed by atoms with Crippen LogP contribution in [0.15, 0.2) is 35.3 Å². The molecule has 0 aliphatic heterocycles. The van der Waals surface area contributed by atoms with E-state index in [0.717, 1.165) is 0 Å². The van der Waals surface area contributed by atoms with E-state index in [1.807, 2.05) is 6.07 Å². The molecule has 2 aromatic rings. The number of hydrogen-bond donors (Lipinski definition) is 0. The topological polar surface area (TPSA) is 55.0 Å². The summed E-state index contributed by atoms with van der Waals surface area (Å²) in [4.78, 5) is 12.2. The monoisotopic (exact) mass is 274 g/mol. The van der Waals surface area contributed by atoms with Gasteiger partial charge in [0.15, 0.2) is 0 Å². The van der Waals surface area contributed by atoms with Crippen molar-refractivity contribution in [2.75, 3.05) is 7.11 Å². The summed E-state index contributed by atoms with van der Waals surface area (Å²) in [6.07, 6.45) is 1.60. The van der Waals surface area contributed by atoms with Gasteiger partial charge < -0.3 is 4.74 Å². The summed E-state index contributed by atoms with van der Waals surface area (Å²) in [6.45, 7) is 1.72. The second kappa shape index (κ2) is 5.17. The summed E-state index contributed by atoms with van der Waals surface area (Å²) >= 11 is 5.95. The third kappa shape index (κ3) is 2.33. The van der Waals surface area contributed by atoms with Gasteiger partial charge in [0, 0.05) is 11.2 Å². The molecule has 1 aromatic heterocycles. The molecule has 0 fully saturated rings. The van der Waals surface area contributed by atoms with Crippen LogP contribution in [0, 0.1) is 18.3 Å². The second-order valence-electron chi connectivity index (χ2n) is 3.98. The number of hydrogen-bond acceptors (Lipinski definition) is 3. The Morgan fingerprint density at radius 2 is 2.11 bits per heavy atom. The van der Waals surface area contributed by atoms with E-state index in [1.54, 1.807) is 37.4 Å². The van der Waals surface area contributed by atoms with Gasteiger partial charge in [-0.1, -0.05) is 11.6 Å². The number of aromatic nitrogens is 1. The van der Waals surface area contributed by atoms with Gasteiger partial charge in [0.05, 0.1) is 12.8 Å². The smallest absolute Gasteiger partial charge is 0.273 e. The first kappa shape index (κ1) is 13.2. The van der Waals surface area contributed by atoms with Crippen molar-refractivity contribution in [2.24, 2.45) is 0 Å². The van der Waals surface area contributed by atoms with Gasteiger partial charge >= 0.3 is 0 Å². The Morgan fingerprint density at radius 1 is 1.37 bits per heavy atom. The summed E-state index contributed by atoms with van der Waals surface area (Å²) in [5, 5.41) is 9.52. The third-order valence-electron chi connectivity index (χ3n) is 2.81. The standard InChI is InChI=1S/C14H11ClN2O2/c1-9-5-6-17(14(18)11(9)8-16)12-7-10(15)3-4-13(12)19-2/h3-7H,1-2H3. The Morgan fingerprint density at radius 3 is 2.74 bits per heavy atom. The lowest BCUT2D eigenvalue weighted by Crippen LogP contribution is -2.21. The molecule has 0 spiro atoms. The minimum Gasteiger partial charge on any atom is -0.495 e. The number of nitriles is 1. The highest BCUT2D eigenvalue weighted by atomic mass is 35.5. The van der Waals surface area contributed by atoms with E-state index < -0.39 is 0 Å². The van der Waals surface area contributed by atoms with Crippen LogP contribution in [0.25, 0.3) is 5.69 Å². The molecular formula is C14H11ClN2O2. The van der Waals surface area contributed by atoms with Gasteiger partial charge in [-0.05, 0) is 36.8 Å². The highest BCUT2D eigenvalue weighted by molar-refractivity contribution is 6.30. The predicted octanol–water partition coefficient (Wildman–Crippen LogP) is 2.68. The van der Waals surface area contributed by atoms with Gasteiger partial charge in [0.2, 0.25) is 0 Å². The van der Waals surface area contributed by atoms with Crippen molar-refractivity contribution < 1.29 is 4.74 Å². The van der Waals surface area contributed by atoms with Crippen LogP contribution in [0.5, 0.6) is 5.75 Å². The van der Waals surface area contributed by atoms with Crippen molar-refractivity contribution in [1.82, 2.24) is 4.57 Å². The molecule has 0 atom stereocenters. The molecule has 0 aliphatic carbocycles. The minimum absolute atomic E-state index is 0.115. The summed E-state index contributed by atoms with van der Waals surface area (Å²) < 4.78 is 6.57. The lowest BCUT2D eigenvalue weighted by atomic mass is 10.1. The Bertz CT molecular complexity index is 729. The first-order valence-corrected chi connectivity index (χ1v) is 5.92. The van der Waals surface area contributed by atoms with Crippen molar-refractivity contribution in [3.63, 3.8) is 0 Å². The molecule has 0 radical (unpaired) electrons. The molecule has 2 rings (SSSR count). The van der Waals surface area contributed by atoms with Gasteiger partial charge in [-0.15, -0.1) is 0 Å². The van der Waals surface area contributed by atoms with E-state index in [-0.39, 0.29) is 11.1 Å². The number of aryl methyl sites for hydroxylation is 1. The number of halogens is 1. The van der Waals surface area contributed by atoms with Crippen LogP contribution in [0.2, 0.25) is 5.02 Å². The van der Waals surface area contributed by atoms with Gasteiger partial charge in [0.1, 0.15) is 17.4 Å². The maximum absolute atomic E-state index is 12.2.